The number of nitrogens with zero attached hydrogens (tertiary/aromatic N) is 2. The maximum absolute atomic E-state index is 12.8. The lowest BCUT2D eigenvalue weighted by molar-refractivity contribution is -0.150. The topological polar surface area (TPSA) is 83.6 Å². The zero-order chi connectivity index (χ0) is 19.2. The number of aromatic nitrogens is 1. The van der Waals surface area contributed by atoms with Crippen LogP contribution in [0.5, 0.6) is 0 Å². The van der Waals surface area contributed by atoms with Gasteiger partial charge in [-0.25, -0.2) is 4.98 Å². The molecule has 1 aliphatic rings. The summed E-state index contributed by atoms with van der Waals surface area (Å²) in [5.74, 6) is -0.405. The van der Waals surface area contributed by atoms with Crippen LogP contribution in [0.1, 0.15) is 30.8 Å². The number of hydrogen-bond donors (Lipinski definition) is 1. The van der Waals surface area contributed by atoms with Gasteiger partial charge in [0.25, 0.3) is 5.91 Å². The average molecular weight is 384 g/mol. The molecule has 1 amide bonds. The standard InChI is InChI=1S/C20H20N2O4S/c1-12(2)20(19(24)25)9-10-22(11-20)18(23)15-8-7-14(26-15)17-21-13-5-3-4-6-16(13)27-17/h3-8,12H,9-11H2,1-2H3,(H,24,25). The number of carbonyl (C=O) groups excluding carboxylic acids is 1. The van der Waals surface area contributed by atoms with Crippen LogP contribution in [0.4, 0.5) is 0 Å². The van der Waals surface area contributed by atoms with E-state index in [9.17, 15) is 14.7 Å². The Bertz CT molecular complexity index is 989. The molecular weight excluding hydrogens is 364 g/mol. The van der Waals surface area contributed by atoms with Gasteiger partial charge in [0.1, 0.15) is 0 Å². The maximum atomic E-state index is 12.8. The van der Waals surface area contributed by atoms with Gasteiger partial charge >= 0.3 is 5.97 Å². The molecule has 0 radical (unpaired) electrons. The summed E-state index contributed by atoms with van der Waals surface area (Å²) >= 11 is 1.51. The molecular formula is C20H20N2O4S. The van der Waals surface area contributed by atoms with Crippen molar-refractivity contribution in [3.8, 4) is 10.8 Å². The molecule has 2 aromatic heterocycles. The third-order valence-electron chi connectivity index (χ3n) is 5.44. The Hall–Kier alpha value is -2.67. The SMILES string of the molecule is CC(C)C1(C(=O)O)CCN(C(=O)c2ccc(-c3nc4ccccc4s3)o2)C1. The van der Waals surface area contributed by atoms with Gasteiger partial charge in [0.15, 0.2) is 16.5 Å². The average Bonchev–Trinajstić information content (AvgIpc) is 3.37. The van der Waals surface area contributed by atoms with Gasteiger partial charge in [0.2, 0.25) is 0 Å². The van der Waals surface area contributed by atoms with Crippen LogP contribution in [0.15, 0.2) is 40.8 Å². The highest BCUT2D eigenvalue weighted by atomic mass is 32.1. The molecule has 1 aliphatic heterocycles. The van der Waals surface area contributed by atoms with Crippen LogP contribution in [0.2, 0.25) is 0 Å². The van der Waals surface area contributed by atoms with E-state index in [1.165, 1.54) is 11.3 Å². The van der Waals surface area contributed by atoms with E-state index in [1.807, 2.05) is 38.1 Å². The van der Waals surface area contributed by atoms with Gasteiger partial charge in [-0.1, -0.05) is 26.0 Å². The summed E-state index contributed by atoms with van der Waals surface area (Å²) in [4.78, 5) is 30.7. The number of hydrogen-bond acceptors (Lipinski definition) is 5. The second-order valence-electron chi connectivity index (χ2n) is 7.24. The van der Waals surface area contributed by atoms with Crippen LogP contribution >= 0.6 is 11.3 Å². The summed E-state index contributed by atoms with van der Waals surface area (Å²) < 4.78 is 6.83. The number of thiazole rings is 1. The molecule has 3 aromatic rings. The lowest BCUT2D eigenvalue weighted by Crippen LogP contribution is -2.40. The van der Waals surface area contributed by atoms with E-state index in [2.05, 4.69) is 4.98 Å². The van der Waals surface area contributed by atoms with Crippen LogP contribution in [0, 0.1) is 11.3 Å². The lowest BCUT2D eigenvalue weighted by Gasteiger charge is -2.28. The molecule has 1 atom stereocenters. The first-order valence-corrected chi connectivity index (χ1v) is 9.71. The zero-order valence-electron chi connectivity index (χ0n) is 15.1. The molecule has 1 saturated heterocycles. The van der Waals surface area contributed by atoms with E-state index in [4.69, 9.17) is 4.42 Å². The monoisotopic (exact) mass is 384 g/mol. The summed E-state index contributed by atoms with van der Waals surface area (Å²) in [5, 5.41) is 10.4. The van der Waals surface area contributed by atoms with Crippen molar-refractivity contribution in [3.63, 3.8) is 0 Å². The fourth-order valence-electron chi connectivity index (χ4n) is 3.60. The molecule has 7 heteroatoms. The summed E-state index contributed by atoms with van der Waals surface area (Å²) in [5.41, 5.74) is 0.00229. The lowest BCUT2D eigenvalue weighted by atomic mass is 9.76. The minimum atomic E-state index is -0.891. The zero-order valence-corrected chi connectivity index (χ0v) is 16.0. The predicted molar refractivity (Wildman–Crippen MR) is 103 cm³/mol. The first-order valence-electron chi connectivity index (χ1n) is 8.89. The van der Waals surface area contributed by atoms with E-state index in [0.717, 1.165) is 15.2 Å². The molecule has 0 spiro atoms. The van der Waals surface area contributed by atoms with Crippen molar-refractivity contribution in [2.75, 3.05) is 13.1 Å². The van der Waals surface area contributed by atoms with Gasteiger partial charge in [-0.2, -0.15) is 0 Å². The smallest absolute Gasteiger partial charge is 0.311 e. The fourth-order valence-corrected chi connectivity index (χ4v) is 4.53. The number of carboxylic acid groups (broad SMARTS) is 1. The molecule has 1 fully saturated rings. The molecule has 1 aromatic carbocycles. The third-order valence-corrected chi connectivity index (χ3v) is 6.49. The van der Waals surface area contributed by atoms with Crippen molar-refractivity contribution in [2.24, 2.45) is 11.3 Å². The Morgan fingerprint density at radius 3 is 2.70 bits per heavy atom. The van der Waals surface area contributed by atoms with Gasteiger partial charge in [-0.3, -0.25) is 9.59 Å². The van der Waals surface area contributed by atoms with Crippen LogP contribution in [-0.2, 0) is 4.79 Å². The first kappa shape index (κ1) is 17.7. The van der Waals surface area contributed by atoms with Crippen LogP contribution in [0.3, 0.4) is 0 Å². The molecule has 140 valence electrons. The Balaban J connectivity index is 1.56. The number of likely N-dealkylation sites (tertiary alicyclic amines) is 1. The van der Waals surface area contributed by atoms with E-state index >= 15 is 0 Å². The summed E-state index contributed by atoms with van der Waals surface area (Å²) in [7, 11) is 0. The molecule has 1 unspecified atom stereocenters. The number of fused-ring (bicyclic) bond motifs is 1. The van der Waals surface area contributed by atoms with Crippen molar-refractivity contribution in [1.82, 2.24) is 9.88 Å². The largest absolute Gasteiger partial charge is 0.481 e. The number of amides is 1. The molecule has 6 nitrogen and oxygen atoms in total. The van der Waals surface area contributed by atoms with Gasteiger partial charge < -0.3 is 14.4 Å². The predicted octanol–water partition coefficient (Wildman–Crippen LogP) is 4.13. The molecule has 3 heterocycles. The van der Waals surface area contributed by atoms with Crippen molar-refractivity contribution in [2.45, 2.75) is 20.3 Å². The molecule has 0 aliphatic carbocycles. The molecule has 27 heavy (non-hydrogen) atoms. The van der Waals surface area contributed by atoms with Crippen molar-refractivity contribution >= 4 is 33.4 Å². The fraction of sp³-hybridized carbons (Fsp3) is 0.350. The number of carbonyl (C=O) groups is 2. The number of carboxylic acids is 1. The first-order chi connectivity index (χ1) is 12.9. The number of para-hydroxylation sites is 1. The van der Waals surface area contributed by atoms with Crippen molar-refractivity contribution in [3.05, 3.63) is 42.2 Å². The maximum Gasteiger partial charge on any atom is 0.311 e. The number of benzene rings is 1. The Labute approximate surface area is 160 Å². The highest BCUT2D eigenvalue weighted by Gasteiger charge is 2.48. The highest BCUT2D eigenvalue weighted by Crippen LogP contribution is 2.39. The Kier molecular flexibility index (Phi) is 4.26. The number of rotatable bonds is 4. The second-order valence-corrected chi connectivity index (χ2v) is 8.27. The number of furan rings is 1. The molecule has 1 N–H and O–H groups in total. The second kappa shape index (κ2) is 6.49. The van der Waals surface area contributed by atoms with Crippen LogP contribution in [0.25, 0.3) is 21.0 Å². The van der Waals surface area contributed by atoms with Gasteiger partial charge in [-0.15, -0.1) is 11.3 Å². The molecule has 4 rings (SSSR count). The molecule has 0 saturated carbocycles. The van der Waals surface area contributed by atoms with E-state index in [0.29, 0.717) is 18.7 Å². The van der Waals surface area contributed by atoms with Crippen molar-refractivity contribution < 1.29 is 19.1 Å². The van der Waals surface area contributed by atoms with Crippen LogP contribution in [-0.4, -0.2) is 40.0 Å². The normalized spacial score (nSPS) is 19.9. The van der Waals surface area contributed by atoms with Crippen molar-refractivity contribution in [1.29, 1.82) is 0 Å². The Morgan fingerprint density at radius 1 is 1.26 bits per heavy atom. The third kappa shape index (κ3) is 2.92. The van der Waals surface area contributed by atoms with Gasteiger partial charge in [0, 0.05) is 13.1 Å². The van der Waals surface area contributed by atoms with Crippen LogP contribution < -0.4 is 0 Å². The number of aliphatic carboxylic acids is 1. The van der Waals surface area contributed by atoms with E-state index < -0.39 is 11.4 Å². The summed E-state index contributed by atoms with van der Waals surface area (Å²) in [6.45, 7) is 4.40. The summed E-state index contributed by atoms with van der Waals surface area (Å²) in [6.07, 6.45) is 0.456. The highest BCUT2D eigenvalue weighted by molar-refractivity contribution is 7.21. The van der Waals surface area contributed by atoms with Gasteiger partial charge in [-0.05, 0) is 36.6 Å². The van der Waals surface area contributed by atoms with E-state index in [1.54, 1.807) is 17.0 Å². The van der Waals surface area contributed by atoms with E-state index in [-0.39, 0.29) is 24.1 Å². The molecule has 0 bridgehead atoms. The quantitative estimate of drug-likeness (QED) is 0.731. The summed E-state index contributed by atoms with van der Waals surface area (Å²) in [6, 6.07) is 11.2. The minimum Gasteiger partial charge on any atom is -0.481 e. The van der Waals surface area contributed by atoms with Gasteiger partial charge in [0.05, 0.1) is 15.6 Å². The minimum absolute atomic E-state index is 0.0530. The Morgan fingerprint density at radius 2 is 2.04 bits per heavy atom.